The number of fused-ring (bicyclic) bond motifs is 1. The highest BCUT2D eigenvalue weighted by molar-refractivity contribution is 7.88. The third-order valence-corrected chi connectivity index (χ3v) is 4.75. The van der Waals surface area contributed by atoms with Gasteiger partial charge in [-0.15, -0.1) is 0 Å². The predicted octanol–water partition coefficient (Wildman–Crippen LogP) is 0.817. The molecule has 0 saturated carbocycles. The van der Waals surface area contributed by atoms with E-state index < -0.39 is 10.0 Å². The molecule has 0 bridgehead atoms. The van der Waals surface area contributed by atoms with Crippen molar-refractivity contribution < 1.29 is 22.7 Å². The fraction of sp³-hybridized carbons (Fsp3) is 0.533. The minimum Gasteiger partial charge on any atom is -0.454 e. The van der Waals surface area contributed by atoms with Gasteiger partial charge >= 0.3 is 0 Å². The Hall–Kier alpha value is -1.80. The lowest BCUT2D eigenvalue weighted by Gasteiger charge is -2.32. The molecule has 1 fully saturated rings. The van der Waals surface area contributed by atoms with Crippen LogP contribution in [0.3, 0.4) is 0 Å². The molecule has 1 N–H and O–H groups in total. The summed E-state index contributed by atoms with van der Waals surface area (Å²) in [7, 11) is -3.20. The van der Waals surface area contributed by atoms with Gasteiger partial charge in [0.05, 0.1) is 6.26 Å². The molecule has 2 aliphatic heterocycles. The Labute approximate surface area is 135 Å². The van der Waals surface area contributed by atoms with Crippen LogP contribution in [-0.4, -0.2) is 51.9 Å². The lowest BCUT2D eigenvalue weighted by molar-refractivity contribution is 0.0676. The number of benzene rings is 1. The molecular formula is C15H20N2O5S. The summed E-state index contributed by atoms with van der Waals surface area (Å²) in [6.07, 6.45) is 2.92. The molecule has 23 heavy (non-hydrogen) atoms. The summed E-state index contributed by atoms with van der Waals surface area (Å²) >= 11 is 0. The molecular weight excluding hydrogens is 320 g/mol. The Morgan fingerprint density at radius 3 is 2.91 bits per heavy atom. The molecule has 0 aliphatic carbocycles. The molecule has 3 rings (SSSR count). The third kappa shape index (κ3) is 3.94. The number of ether oxygens (including phenoxy) is 2. The zero-order valence-corrected chi connectivity index (χ0v) is 13.8. The van der Waals surface area contributed by atoms with Crippen molar-refractivity contribution in [3.05, 3.63) is 23.8 Å². The Morgan fingerprint density at radius 1 is 1.35 bits per heavy atom. The van der Waals surface area contributed by atoms with Crippen molar-refractivity contribution in [1.29, 1.82) is 0 Å². The van der Waals surface area contributed by atoms with Gasteiger partial charge in [-0.2, -0.15) is 0 Å². The molecule has 126 valence electrons. The predicted molar refractivity (Wildman–Crippen MR) is 84.0 cm³/mol. The molecule has 1 aromatic carbocycles. The number of piperidine rings is 1. The van der Waals surface area contributed by atoms with Crippen LogP contribution in [-0.2, 0) is 10.0 Å². The minimum atomic E-state index is -3.20. The van der Waals surface area contributed by atoms with E-state index in [0.717, 1.165) is 19.1 Å². The topological polar surface area (TPSA) is 84.9 Å². The van der Waals surface area contributed by atoms with Gasteiger partial charge in [0.15, 0.2) is 11.5 Å². The smallest absolute Gasteiger partial charge is 0.254 e. The van der Waals surface area contributed by atoms with E-state index in [4.69, 9.17) is 9.47 Å². The van der Waals surface area contributed by atoms with Gasteiger partial charge in [-0.3, -0.25) is 4.79 Å². The number of hydrogen-bond donors (Lipinski definition) is 1. The number of rotatable bonds is 4. The van der Waals surface area contributed by atoms with E-state index in [1.807, 2.05) is 0 Å². The number of likely N-dealkylation sites (tertiary alicyclic amines) is 1. The highest BCUT2D eigenvalue weighted by Gasteiger charge is 2.26. The number of nitrogens with zero attached hydrogens (tertiary/aromatic N) is 1. The SMILES string of the molecule is CS(=O)(=O)NCC1CCCN(C(=O)c2ccc3c(c2)OCO3)C1. The van der Waals surface area contributed by atoms with Gasteiger partial charge in [0.2, 0.25) is 16.8 Å². The maximum atomic E-state index is 12.6. The number of nitrogens with one attached hydrogen (secondary N) is 1. The van der Waals surface area contributed by atoms with E-state index in [2.05, 4.69) is 4.72 Å². The molecule has 1 aromatic rings. The summed E-state index contributed by atoms with van der Waals surface area (Å²) in [4.78, 5) is 14.4. The van der Waals surface area contributed by atoms with Crippen molar-refractivity contribution in [2.24, 2.45) is 5.92 Å². The molecule has 1 amide bonds. The first-order chi connectivity index (χ1) is 10.9. The van der Waals surface area contributed by atoms with Gasteiger partial charge in [-0.05, 0) is 37.0 Å². The second-order valence-corrected chi connectivity index (χ2v) is 7.78. The van der Waals surface area contributed by atoms with Crippen LogP contribution in [0.4, 0.5) is 0 Å². The van der Waals surface area contributed by atoms with Crippen LogP contribution >= 0.6 is 0 Å². The van der Waals surface area contributed by atoms with Crippen molar-refractivity contribution in [2.45, 2.75) is 12.8 Å². The van der Waals surface area contributed by atoms with Crippen molar-refractivity contribution >= 4 is 15.9 Å². The maximum Gasteiger partial charge on any atom is 0.254 e. The Bertz CT molecular complexity index is 704. The lowest BCUT2D eigenvalue weighted by Crippen LogP contribution is -2.43. The standard InChI is InChI=1S/C15H20N2O5S/c1-23(19,20)16-8-11-3-2-6-17(9-11)15(18)12-4-5-13-14(7-12)22-10-21-13/h4-5,7,11,16H,2-3,6,8-10H2,1H3. The highest BCUT2D eigenvalue weighted by atomic mass is 32.2. The number of hydrogen-bond acceptors (Lipinski definition) is 5. The molecule has 1 unspecified atom stereocenters. The zero-order chi connectivity index (χ0) is 16.4. The number of amides is 1. The maximum absolute atomic E-state index is 12.6. The summed E-state index contributed by atoms with van der Waals surface area (Å²) < 4.78 is 35.5. The minimum absolute atomic E-state index is 0.0626. The Morgan fingerprint density at radius 2 is 2.13 bits per heavy atom. The summed E-state index contributed by atoms with van der Waals surface area (Å²) in [5.41, 5.74) is 0.561. The summed E-state index contributed by atoms with van der Waals surface area (Å²) in [5, 5.41) is 0. The van der Waals surface area contributed by atoms with Crippen molar-refractivity contribution in [3.63, 3.8) is 0 Å². The number of sulfonamides is 1. The highest BCUT2D eigenvalue weighted by Crippen LogP contribution is 2.33. The van der Waals surface area contributed by atoms with Crippen molar-refractivity contribution in [3.8, 4) is 11.5 Å². The first kappa shape index (κ1) is 16.1. The van der Waals surface area contributed by atoms with Crippen LogP contribution in [0.15, 0.2) is 18.2 Å². The molecule has 2 aliphatic rings. The summed E-state index contributed by atoms with van der Waals surface area (Å²) in [6, 6.07) is 5.17. The van der Waals surface area contributed by atoms with E-state index in [1.54, 1.807) is 23.1 Å². The van der Waals surface area contributed by atoms with Gasteiger partial charge in [-0.25, -0.2) is 13.1 Å². The van der Waals surface area contributed by atoms with Crippen molar-refractivity contribution in [1.82, 2.24) is 9.62 Å². The van der Waals surface area contributed by atoms with Crippen LogP contribution in [0.25, 0.3) is 0 Å². The molecule has 8 heteroatoms. The van der Waals surface area contributed by atoms with Crippen LogP contribution in [0.1, 0.15) is 23.2 Å². The van der Waals surface area contributed by atoms with Gasteiger partial charge in [0, 0.05) is 25.2 Å². The second kappa shape index (κ2) is 6.37. The molecule has 2 heterocycles. The first-order valence-corrected chi connectivity index (χ1v) is 9.45. The van der Waals surface area contributed by atoms with Gasteiger partial charge in [0.25, 0.3) is 5.91 Å². The average molecular weight is 340 g/mol. The average Bonchev–Trinajstić information content (AvgIpc) is 2.99. The van der Waals surface area contributed by atoms with Gasteiger partial charge < -0.3 is 14.4 Å². The fourth-order valence-electron chi connectivity index (χ4n) is 2.90. The van der Waals surface area contributed by atoms with Crippen LogP contribution in [0.5, 0.6) is 11.5 Å². The van der Waals surface area contributed by atoms with Gasteiger partial charge in [0.1, 0.15) is 0 Å². The second-order valence-electron chi connectivity index (χ2n) is 5.95. The molecule has 1 atom stereocenters. The van der Waals surface area contributed by atoms with E-state index in [-0.39, 0.29) is 18.6 Å². The largest absolute Gasteiger partial charge is 0.454 e. The molecule has 0 radical (unpaired) electrons. The number of carbonyl (C=O) groups excluding carboxylic acids is 1. The normalized spacial score (nSPS) is 20.6. The molecule has 1 saturated heterocycles. The fourth-order valence-corrected chi connectivity index (χ4v) is 3.44. The molecule has 7 nitrogen and oxygen atoms in total. The molecule has 0 spiro atoms. The Balaban J connectivity index is 1.65. The van der Waals surface area contributed by atoms with Crippen molar-refractivity contribution in [2.75, 3.05) is 32.7 Å². The van der Waals surface area contributed by atoms with E-state index in [0.29, 0.717) is 36.7 Å². The summed E-state index contributed by atoms with van der Waals surface area (Å²) in [6.45, 7) is 1.78. The molecule has 0 aromatic heterocycles. The quantitative estimate of drug-likeness (QED) is 0.877. The summed E-state index contributed by atoms with van der Waals surface area (Å²) in [5.74, 6) is 1.31. The first-order valence-electron chi connectivity index (χ1n) is 7.56. The Kier molecular flexibility index (Phi) is 4.45. The van der Waals surface area contributed by atoms with Crippen LogP contribution < -0.4 is 14.2 Å². The van der Waals surface area contributed by atoms with Crippen LogP contribution in [0.2, 0.25) is 0 Å². The van der Waals surface area contributed by atoms with E-state index in [9.17, 15) is 13.2 Å². The third-order valence-electron chi connectivity index (χ3n) is 4.06. The van der Waals surface area contributed by atoms with Gasteiger partial charge in [-0.1, -0.05) is 0 Å². The van der Waals surface area contributed by atoms with Crippen LogP contribution in [0, 0.1) is 5.92 Å². The zero-order valence-electron chi connectivity index (χ0n) is 12.9. The van der Waals surface area contributed by atoms with E-state index >= 15 is 0 Å². The lowest BCUT2D eigenvalue weighted by atomic mass is 9.97. The monoisotopic (exact) mass is 340 g/mol. The van der Waals surface area contributed by atoms with E-state index in [1.165, 1.54) is 0 Å². The number of carbonyl (C=O) groups is 1.